The van der Waals surface area contributed by atoms with E-state index in [9.17, 15) is 0 Å². The molecule has 3 aromatic rings. The van der Waals surface area contributed by atoms with Crippen molar-refractivity contribution in [2.24, 2.45) is 0 Å². The van der Waals surface area contributed by atoms with Crippen LogP contribution < -0.4 is 5.32 Å². The van der Waals surface area contributed by atoms with Crippen LogP contribution in [-0.4, -0.2) is 6.54 Å². The van der Waals surface area contributed by atoms with Gasteiger partial charge in [0.2, 0.25) is 0 Å². The van der Waals surface area contributed by atoms with Crippen LogP contribution in [0.1, 0.15) is 29.0 Å². The van der Waals surface area contributed by atoms with Crippen LogP contribution in [0, 0.1) is 6.92 Å². The molecule has 19 heavy (non-hydrogen) atoms. The van der Waals surface area contributed by atoms with E-state index >= 15 is 0 Å². The summed E-state index contributed by atoms with van der Waals surface area (Å²) in [5, 5.41) is 6.91. The predicted octanol–water partition coefficient (Wildman–Crippen LogP) is 4.50. The minimum Gasteiger partial charge on any atom is -0.464 e. The van der Waals surface area contributed by atoms with Gasteiger partial charge in [-0.15, -0.1) is 11.3 Å². The Balaban J connectivity index is 2.12. The third kappa shape index (κ3) is 2.20. The zero-order valence-electron chi connectivity index (χ0n) is 11.1. The molecule has 0 aliphatic heterocycles. The summed E-state index contributed by atoms with van der Waals surface area (Å²) >= 11 is 1.79. The largest absolute Gasteiger partial charge is 0.464 e. The van der Waals surface area contributed by atoms with Crippen LogP contribution in [0.15, 0.2) is 46.4 Å². The molecule has 0 bridgehead atoms. The van der Waals surface area contributed by atoms with Crippen LogP contribution in [0.5, 0.6) is 0 Å². The monoisotopic (exact) mass is 271 g/mol. The second-order valence-corrected chi connectivity index (χ2v) is 5.73. The van der Waals surface area contributed by atoms with Crippen molar-refractivity contribution in [2.75, 3.05) is 6.54 Å². The number of nitrogens with one attached hydrogen (secondary N) is 1. The molecule has 2 aromatic heterocycles. The van der Waals surface area contributed by atoms with Crippen LogP contribution in [0.4, 0.5) is 0 Å². The van der Waals surface area contributed by atoms with Gasteiger partial charge in [-0.25, -0.2) is 0 Å². The number of hydrogen-bond acceptors (Lipinski definition) is 3. The summed E-state index contributed by atoms with van der Waals surface area (Å²) in [5.41, 5.74) is 3.52. The highest BCUT2D eigenvalue weighted by Crippen LogP contribution is 2.33. The zero-order valence-corrected chi connectivity index (χ0v) is 12.0. The predicted molar refractivity (Wildman–Crippen MR) is 80.8 cm³/mol. The van der Waals surface area contributed by atoms with Gasteiger partial charge in [0.1, 0.15) is 5.58 Å². The van der Waals surface area contributed by atoms with Crippen molar-refractivity contribution in [2.45, 2.75) is 19.9 Å². The fourth-order valence-corrected chi connectivity index (χ4v) is 3.25. The number of furan rings is 1. The first-order valence-electron chi connectivity index (χ1n) is 6.54. The molecule has 1 N–H and O–H groups in total. The fourth-order valence-electron chi connectivity index (χ4n) is 2.51. The third-order valence-electron chi connectivity index (χ3n) is 3.44. The molecule has 2 heterocycles. The summed E-state index contributed by atoms with van der Waals surface area (Å²) in [6.07, 6.45) is 1.88. The minimum absolute atomic E-state index is 0.208. The molecule has 1 atom stereocenters. The first-order chi connectivity index (χ1) is 9.31. The van der Waals surface area contributed by atoms with Gasteiger partial charge in [0.25, 0.3) is 0 Å². The molecule has 1 unspecified atom stereocenters. The molecule has 0 aliphatic rings. The topological polar surface area (TPSA) is 25.2 Å². The van der Waals surface area contributed by atoms with E-state index in [1.165, 1.54) is 21.4 Å². The standard InChI is InChI=1S/C16H17NOS/c1-3-17-16(12-8-9-19-11(12)2)14-10-18-15-7-5-4-6-13(14)15/h4-10,16-17H,3H2,1-2H3. The van der Waals surface area contributed by atoms with Crippen LogP contribution in [0.2, 0.25) is 0 Å². The van der Waals surface area contributed by atoms with Crippen molar-refractivity contribution in [1.29, 1.82) is 0 Å². The van der Waals surface area contributed by atoms with Crippen LogP contribution in [0.3, 0.4) is 0 Å². The van der Waals surface area contributed by atoms with Gasteiger partial charge in [-0.3, -0.25) is 0 Å². The summed E-state index contributed by atoms with van der Waals surface area (Å²) in [6, 6.07) is 10.6. The van der Waals surface area contributed by atoms with Crippen molar-refractivity contribution >= 4 is 22.3 Å². The summed E-state index contributed by atoms with van der Waals surface area (Å²) in [5.74, 6) is 0. The average molecular weight is 271 g/mol. The average Bonchev–Trinajstić information content (AvgIpc) is 3.03. The van der Waals surface area contributed by atoms with Crippen molar-refractivity contribution in [1.82, 2.24) is 5.32 Å². The second kappa shape index (κ2) is 5.19. The van der Waals surface area contributed by atoms with Crippen molar-refractivity contribution in [3.05, 3.63) is 58.0 Å². The normalized spacial score (nSPS) is 12.9. The number of aryl methyl sites for hydroxylation is 1. The molecule has 0 aliphatic carbocycles. The first kappa shape index (κ1) is 12.5. The molecule has 0 spiro atoms. The highest BCUT2D eigenvalue weighted by molar-refractivity contribution is 7.10. The van der Waals surface area contributed by atoms with Crippen molar-refractivity contribution < 1.29 is 4.42 Å². The lowest BCUT2D eigenvalue weighted by Gasteiger charge is -2.17. The van der Waals surface area contributed by atoms with Gasteiger partial charge in [-0.2, -0.15) is 0 Å². The molecular formula is C16H17NOS. The Morgan fingerprint density at radius 1 is 1.21 bits per heavy atom. The maximum Gasteiger partial charge on any atom is 0.134 e. The van der Waals surface area contributed by atoms with Crippen molar-refractivity contribution in [3.8, 4) is 0 Å². The van der Waals surface area contributed by atoms with E-state index < -0.39 is 0 Å². The molecule has 0 saturated heterocycles. The lowest BCUT2D eigenvalue weighted by atomic mass is 9.99. The number of para-hydroxylation sites is 1. The zero-order chi connectivity index (χ0) is 13.2. The van der Waals surface area contributed by atoms with Crippen molar-refractivity contribution in [3.63, 3.8) is 0 Å². The Morgan fingerprint density at radius 2 is 2.05 bits per heavy atom. The van der Waals surface area contributed by atoms with Crippen LogP contribution >= 0.6 is 11.3 Å². The van der Waals surface area contributed by atoms with E-state index in [-0.39, 0.29) is 6.04 Å². The summed E-state index contributed by atoms with van der Waals surface area (Å²) in [6.45, 7) is 5.24. The summed E-state index contributed by atoms with van der Waals surface area (Å²) in [4.78, 5) is 1.36. The van der Waals surface area contributed by atoms with E-state index in [4.69, 9.17) is 4.42 Å². The van der Waals surface area contributed by atoms with E-state index in [0.29, 0.717) is 0 Å². The van der Waals surface area contributed by atoms with E-state index in [1.807, 2.05) is 18.4 Å². The van der Waals surface area contributed by atoms with Gasteiger partial charge in [-0.05, 0) is 36.5 Å². The maximum absolute atomic E-state index is 5.68. The van der Waals surface area contributed by atoms with Crippen LogP contribution in [0.25, 0.3) is 11.0 Å². The molecule has 3 rings (SSSR count). The third-order valence-corrected chi connectivity index (χ3v) is 4.30. The lowest BCUT2D eigenvalue weighted by Crippen LogP contribution is -2.21. The molecular weight excluding hydrogens is 254 g/mol. The van der Waals surface area contributed by atoms with Gasteiger partial charge in [-0.1, -0.05) is 25.1 Å². The Labute approximate surface area is 117 Å². The van der Waals surface area contributed by atoms with E-state index in [2.05, 4.69) is 42.7 Å². The minimum atomic E-state index is 0.208. The fraction of sp³-hybridized carbons (Fsp3) is 0.250. The highest BCUT2D eigenvalue weighted by Gasteiger charge is 2.20. The Kier molecular flexibility index (Phi) is 3.40. The maximum atomic E-state index is 5.68. The quantitative estimate of drug-likeness (QED) is 0.755. The highest BCUT2D eigenvalue weighted by atomic mass is 32.1. The lowest BCUT2D eigenvalue weighted by molar-refractivity contribution is 0.584. The molecule has 0 fully saturated rings. The Morgan fingerprint density at radius 3 is 2.79 bits per heavy atom. The van der Waals surface area contributed by atoms with Gasteiger partial charge in [0.05, 0.1) is 12.3 Å². The number of rotatable bonds is 4. The van der Waals surface area contributed by atoms with E-state index in [0.717, 1.165) is 12.1 Å². The number of fused-ring (bicyclic) bond motifs is 1. The number of benzene rings is 1. The SMILES string of the molecule is CCNC(c1ccsc1C)c1coc2ccccc12. The van der Waals surface area contributed by atoms with Gasteiger partial charge < -0.3 is 9.73 Å². The second-order valence-electron chi connectivity index (χ2n) is 4.61. The molecule has 1 aromatic carbocycles. The molecule has 3 heteroatoms. The molecule has 0 amide bonds. The van der Waals surface area contributed by atoms with E-state index in [1.54, 1.807) is 11.3 Å². The molecule has 0 saturated carbocycles. The molecule has 2 nitrogen and oxygen atoms in total. The summed E-state index contributed by atoms with van der Waals surface area (Å²) < 4.78 is 5.68. The summed E-state index contributed by atoms with van der Waals surface area (Å²) in [7, 11) is 0. The van der Waals surface area contributed by atoms with Gasteiger partial charge in [0, 0.05) is 15.8 Å². The smallest absolute Gasteiger partial charge is 0.134 e. The van der Waals surface area contributed by atoms with Gasteiger partial charge >= 0.3 is 0 Å². The van der Waals surface area contributed by atoms with Gasteiger partial charge in [0.15, 0.2) is 0 Å². The molecule has 98 valence electrons. The molecule has 0 radical (unpaired) electrons. The first-order valence-corrected chi connectivity index (χ1v) is 7.42. The Hall–Kier alpha value is -1.58. The Bertz CT molecular complexity index is 683. The number of thiophene rings is 1. The number of hydrogen-bond donors (Lipinski definition) is 1. The van der Waals surface area contributed by atoms with Crippen LogP contribution in [-0.2, 0) is 0 Å².